The van der Waals surface area contributed by atoms with Gasteiger partial charge < -0.3 is 18.9 Å². The van der Waals surface area contributed by atoms with E-state index in [-0.39, 0.29) is 5.97 Å². The summed E-state index contributed by atoms with van der Waals surface area (Å²) in [6.45, 7) is 9.42. The summed E-state index contributed by atoms with van der Waals surface area (Å²) in [5.41, 5.74) is 3.56. The number of carbonyl (C=O) groups is 1. The zero-order valence-corrected chi connectivity index (χ0v) is 21.2. The van der Waals surface area contributed by atoms with Crippen molar-refractivity contribution in [1.82, 2.24) is 9.55 Å². The van der Waals surface area contributed by atoms with Gasteiger partial charge in [0, 0.05) is 31.5 Å². The SMILES string of the molecule is C=Cc1nc(N2CC3CC3C2)ccc1Cc1cc(C(=O)OCC)n(COCCS(C)(C)C)c1. The molecule has 0 bridgehead atoms. The lowest BCUT2D eigenvalue weighted by atomic mass is 10.1. The highest BCUT2D eigenvalue weighted by molar-refractivity contribution is 8.32. The fraction of sp³-hybridized carbons (Fsp3) is 0.538. The molecule has 2 aliphatic rings. The second kappa shape index (κ2) is 9.94. The average molecular weight is 472 g/mol. The third-order valence-electron chi connectivity index (χ3n) is 6.40. The standard InChI is InChI=1S/C26H37N3O3S/c1-6-23-20(8-9-25(27-23)28-16-21-14-22(21)17-28)12-19-13-24(26(30)32-7-2)29(15-19)18-31-10-11-33(3,4)5/h6,8-9,13,15,21-22H,1,7,10-12,14,16-18H2,2-5H3. The number of fused-ring (bicyclic) bond motifs is 1. The van der Waals surface area contributed by atoms with Crippen molar-refractivity contribution >= 4 is 27.9 Å². The van der Waals surface area contributed by atoms with Crippen LogP contribution in [0.4, 0.5) is 5.82 Å². The monoisotopic (exact) mass is 471 g/mol. The molecule has 0 amide bonds. The average Bonchev–Trinajstić information content (AvgIpc) is 3.17. The van der Waals surface area contributed by atoms with Gasteiger partial charge in [-0.05, 0) is 73.3 Å². The normalized spacial score (nSPS) is 19.9. The highest BCUT2D eigenvalue weighted by Crippen LogP contribution is 2.46. The predicted molar refractivity (Wildman–Crippen MR) is 138 cm³/mol. The van der Waals surface area contributed by atoms with Gasteiger partial charge in [0.2, 0.25) is 0 Å². The van der Waals surface area contributed by atoms with Gasteiger partial charge in [-0.1, -0.05) is 12.6 Å². The molecule has 1 aliphatic heterocycles. The second-order valence-electron chi connectivity index (χ2n) is 10.0. The van der Waals surface area contributed by atoms with Crippen LogP contribution in [0.25, 0.3) is 6.08 Å². The third kappa shape index (κ3) is 6.01. The van der Waals surface area contributed by atoms with Gasteiger partial charge in [0.25, 0.3) is 0 Å². The fourth-order valence-electron chi connectivity index (χ4n) is 4.42. The zero-order valence-electron chi connectivity index (χ0n) is 20.4. The Kier molecular flexibility index (Phi) is 7.19. The summed E-state index contributed by atoms with van der Waals surface area (Å²) in [5, 5.41) is 0. The molecule has 7 heteroatoms. The molecule has 0 N–H and O–H groups in total. The Bertz CT molecular complexity index is 1000. The zero-order chi connectivity index (χ0) is 23.6. The first-order valence-electron chi connectivity index (χ1n) is 11.7. The van der Waals surface area contributed by atoms with E-state index in [4.69, 9.17) is 14.5 Å². The molecule has 2 unspecified atom stereocenters. The molecule has 3 heterocycles. The molecule has 2 fully saturated rings. The summed E-state index contributed by atoms with van der Waals surface area (Å²) in [6.07, 6.45) is 12.7. The second-order valence-corrected chi connectivity index (χ2v) is 14.6. The van der Waals surface area contributed by atoms with Crippen LogP contribution in [-0.4, -0.2) is 66.3 Å². The summed E-state index contributed by atoms with van der Waals surface area (Å²) in [6, 6.07) is 6.17. The van der Waals surface area contributed by atoms with Crippen LogP contribution in [0.5, 0.6) is 0 Å². The number of anilines is 1. The lowest BCUT2D eigenvalue weighted by molar-refractivity contribution is 0.0475. The van der Waals surface area contributed by atoms with Crippen molar-refractivity contribution in [3.05, 3.63) is 53.5 Å². The largest absolute Gasteiger partial charge is 0.461 e. The van der Waals surface area contributed by atoms with Crippen LogP contribution >= 0.6 is 10.0 Å². The van der Waals surface area contributed by atoms with Crippen LogP contribution < -0.4 is 4.90 Å². The number of aromatic nitrogens is 2. The molecule has 33 heavy (non-hydrogen) atoms. The molecule has 2 aromatic heterocycles. The van der Waals surface area contributed by atoms with Gasteiger partial charge in [-0.2, -0.15) is 0 Å². The van der Waals surface area contributed by atoms with E-state index in [0.717, 1.165) is 53.3 Å². The first kappa shape index (κ1) is 23.9. The molecule has 1 saturated heterocycles. The fourth-order valence-corrected chi connectivity index (χ4v) is 5.04. The van der Waals surface area contributed by atoms with Crippen molar-refractivity contribution in [1.29, 1.82) is 0 Å². The maximum atomic E-state index is 12.5. The number of nitrogens with zero attached hydrogens (tertiary/aromatic N) is 3. The number of piperidine rings is 1. The summed E-state index contributed by atoms with van der Waals surface area (Å²) < 4.78 is 13.0. The van der Waals surface area contributed by atoms with Crippen LogP contribution in [0.15, 0.2) is 31.0 Å². The topological polar surface area (TPSA) is 56.6 Å². The molecule has 0 radical (unpaired) electrons. The summed E-state index contributed by atoms with van der Waals surface area (Å²) in [7, 11) is -0.613. The van der Waals surface area contributed by atoms with E-state index in [1.165, 1.54) is 6.42 Å². The number of hydrogen-bond donors (Lipinski definition) is 0. The first-order chi connectivity index (χ1) is 15.8. The van der Waals surface area contributed by atoms with E-state index in [0.29, 0.717) is 32.1 Å². The van der Waals surface area contributed by atoms with Crippen LogP contribution in [-0.2, 0) is 22.6 Å². The van der Waals surface area contributed by atoms with Gasteiger partial charge in [-0.25, -0.2) is 19.8 Å². The van der Waals surface area contributed by atoms with Gasteiger partial charge >= 0.3 is 5.97 Å². The van der Waals surface area contributed by atoms with E-state index >= 15 is 0 Å². The Hall–Kier alpha value is -2.25. The Morgan fingerprint density at radius 2 is 2.03 bits per heavy atom. The first-order valence-corrected chi connectivity index (χ1v) is 14.8. The minimum atomic E-state index is -0.613. The minimum absolute atomic E-state index is 0.321. The molecule has 180 valence electrons. The minimum Gasteiger partial charge on any atom is -0.461 e. The smallest absolute Gasteiger partial charge is 0.355 e. The van der Waals surface area contributed by atoms with E-state index < -0.39 is 10.0 Å². The van der Waals surface area contributed by atoms with Gasteiger partial charge in [0.05, 0.1) is 18.9 Å². The number of ether oxygens (including phenoxy) is 2. The molecule has 2 atom stereocenters. The van der Waals surface area contributed by atoms with Crippen molar-refractivity contribution in [2.24, 2.45) is 11.8 Å². The number of pyridine rings is 1. The quantitative estimate of drug-likeness (QED) is 0.359. The van der Waals surface area contributed by atoms with Crippen molar-refractivity contribution in [2.45, 2.75) is 26.5 Å². The van der Waals surface area contributed by atoms with Crippen molar-refractivity contribution in [3.8, 4) is 0 Å². The van der Waals surface area contributed by atoms with Crippen LogP contribution in [0.3, 0.4) is 0 Å². The molecule has 0 spiro atoms. The highest BCUT2D eigenvalue weighted by Gasteiger charge is 2.45. The summed E-state index contributed by atoms with van der Waals surface area (Å²) >= 11 is 0. The van der Waals surface area contributed by atoms with E-state index in [1.54, 1.807) is 0 Å². The number of rotatable bonds is 11. The van der Waals surface area contributed by atoms with Gasteiger partial charge in [-0.15, -0.1) is 0 Å². The predicted octanol–water partition coefficient (Wildman–Crippen LogP) is 4.42. The molecule has 4 rings (SSSR count). The van der Waals surface area contributed by atoms with Gasteiger partial charge in [-0.3, -0.25) is 0 Å². The number of carbonyl (C=O) groups excluding carboxylic acids is 1. The van der Waals surface area contributed by atoms with E-state index in [1.807, 2.05) is 29.8 Å². The Morgan fingerprint density at radius 1 is 1.27 bits per heavy atom. The molecule has 6 nitrogen and oxygen atoms in total. The number of esters is 1. The van der Waals surface area contributed by atoms with Gasteiger partial charge in [0.1, 0.15) is 18.2 Å². The van der Waals surface area contributed by atoms with Crippen LogP contribution in [0.1, 0.15) is 40.7 Å². The molecule has 0 aromatic carbocycles. The summed E-state index contributed by atoms with van der Waals surface area (Å²) in [4.78, 5) is 19.8. The van der Waals surface area contributed by atoms with Crippen molar-refractivity contribution in [2.75, 3.05) is 55.7 Å². The Balaban J connectivity index is 1.48. The van der Waals surface area contributed by atoms with Crippen LogP contribution in [0, 0.1) is 11.8 Å². The Labute approximate surface area is 199 Å². The summed E-state index contributed by atoms with van der Waals surface area (Å²) in [5.74, 6) is 3.49. The highest BCUT2D eigenvalue weighted by atomic mass is 32.3. The third-order valence-corrected chi connectivity index (χ3v) is 7.79. The molecular formula is C26H37N3O3S. The Morgan fingerprint density at radius 3 is 2.70 bits per heavy atom. The van der Waals surface area contributed by atoms with E-state index in [9.17, 15) is 4.79 Å². The van der Waals surface area contributed by atoms with E-state index in [2.05, 4.69) is 42.4 Å². The van der Waals surface area contributed by atoms with Crippen molar-refractivity contribution in [3.63, 3.8) is 0 Å². The molecular weight excluding hydrogens is 434 g/mol. The number of hydrogen-bond acceptors (Lipinski definition) is 5. The lowest BCUT2D eigenvalue weighted by Gasteiger charge is -2.24. The van der Waals surface area contributed by atoms with Crippen LogP contribution in [0.2, 0.25) is 0 Å². The molecule has 1 aliphatic carbocycles. The molecule has 1 saturated carbocycles. The van der Waals surface area contributed by atoms with Crippen molar-refractivity contribution < 1.29 is 14.3 Å². The molecule has 2 aromatic rings. The lowest BCUT2D eigenvalue weighted by Crippen LogP contribution is -2.23. The van der Waals surface area contributed by atoms with Gasteiger partial charge in [0.15, 0.2) is 0 Å². The maximum Gasteiger partial charge on any atom is 0.355 e. The maximum absolute atomic E-state index is 12.5.